The maximum atomic E-state index is 13.5. The summed E-state index contributed by atoms with van der Waals surface area (Å²) in [5, 5.41) is 0. The van der Waals surface area contributed by atoms with Gasteiger partial charge < -0.3 is 24.8 Å². The van der Waals surface area contributed by atoms with Gasteiger partial charge in [-0.3, -0.25) is 0 Å². The van der Waals surface area contributed by atoms with Crippen molar-refractivity contribution in [1.82, 2.24) is 4.90 Å². The van der Waals surface area contributed by atoms with E-state index in [2.05, 4.69) is 4.90 Å². The van der Waals surface area contributed by atoms with Crippen molar-refractivity contribution in [2.75, 3.05) is 27.5 Å². The van der Waals surface area contributed by atoms with E-state index in [0.29, 0.717) is 35.8 Å². The van der Waals surface area contributed by atoms with Crippen LogP contribution in [0.4, 0.5) is 8.78 Å². The van der Waals surface area contributed by atoms with Crippen LogP contribution in [0, 0.1) is 0 Å². The van der Waals surface area contributed by atoms with Crippen molar-refractivity contribution in [1.29, 1.82) is 0 Å². The van der Waals surface area contributed by atoms with E-state index >= 15 is 0 Å². The van der Waals surface area contributed by atoms with Gasteiger partial charge in [-0.2, -0.15) is 0 Å². The van der Waals surface area contributed by atoms with Crippen LogP contribution in [0.5, 0.6) is 17.2 Å². The fourth-order valence-electron chi connectivity index (χ4n) is 3.18. The Hall–Kier alpha value is -1.60. The first-order chi connectivity index (χ1) is 10.4. The van der Waals surface area contributed by atoms with Crippen molar-refractivity contribution in [3.63, 3.8) is 0 Å². The predicted octanol–water partition coefficient (Wildman–Crippen LogP) is 1.85. The molecule has 2 heterocycles. The molecule has 3 rings (SSSR count). The molecule has 0 saturated heterocycles. The van der Waals surface area contributed by atoms with Gasteiger partial charge in [0.05, 0.1) is 7.11 Å². The quantitative estimate of drug-likeness (QED) is 0.923. The molecule has 2 aliphatic heterocycles. The van der Waals surface area contributed by atoms with Crippen LogP contribution in [-0.4, -0.2) is 38.8 Å². The number of halogens is 2. The van der Waals surface area contributed by atoms with Crippen molar-refractivity contribution in [3.8, 4) is 17.2 Å². The van der Waals surface area contributed by atoms with Gasteiger partial charge in [0, 0.05) is 24.2 Å². The minimum atomic E-state index is -2.71. The minimum absolute atomic E-state index is 0.0171. The molecular formula is C15H20F2N2O3. The second kappa shape index (κ2) is 5.24. The molecule has 7 heteroatoms. The van der Waals surface area contributed by atoms with E-state index in [1.165, 1.54) is 6.92 Å². The number of benzene rings is 1. The van der Waals surface area contributed by atoms with E-state index in [4.69, 9.17) is 19.9 Å². The Bertz CT molecular complexity index is 605. The van der Waals surface area contributed by atoms with Gasteiger partial charge in [0.2, 0.25) is 12.5 Å². The highest BCUT2D eigenvalue weighted by Crippen LogP contribution is 2.52. The molecule has 0 saturated carbocycles. The number of nitrogens with two attached hydrogens (primary N) is 1. The van der Waals surface area contributed by atoms with Gasteiger partial charge in [0.15, 0.2) is 11.5 Å². The van der Waals surface area contributed by atoms with Gasteiger partial charge in [0.1, 0.15) is 5.54 Å². The third kappa shape index (κ3) is 2.11. The summed E-state index contributed by atoms with van der Waals surface area (Å²) >= 11 is 0. The van der Waals surface area contributed by atoms with Crippen molar-refractivity contribution in [2.24, 2.45) is 5.73 Å². The lowest BCUT2D eigenvalue weighted by atomic mass is 9.82. The van der Waals surface area contributed by atoms with Crippen molar-refractivity contribution >= 4 is 0 Å². The van der Waals surface area contributed by atoms with Gasteiger partial charge in [-0.05, 0) is 26.0 Å². The maximum Gasteiger partial charge on any atom is 0.260 e. The van der Waals surface area contributed by atoms with E-state index in [1.54, 1.807) is 7.11 Å². The maximum absolute atomic E-state index is 13.5. The highest BCUT2D eigenvalue weighted by molar-refractivity contribution is 5.67. The van der Waals surface area contributed by atoms with Gasteiger partial charge in [-0.15, -0.1) is 0 Å². The standard InChI is InChI=1S/C15H20F2N2O3/c1-15(18,14(16)17)10-8-4-5-19(2)6-9(8)11(20-3)13-12(10)21-7-22-13/h14H,4-7,18H2,1-3H3/t15-/m1/s1. The summed E-state index contributed by atoms with van der Waals surface area (Å²) in [5.41, 5.74) is 6.16. The molecule has 0 amide bonds. The predicted molar refractivity (Wildman–Crippen MR) is 76.7 cm³/mol. The highest BCUT2D eigenvalue weighted by Gasteiger charge is 2.43. The van der Waals surface area contributed by atoms with E-state index in [9.17, 15) is 8.78 Å². The summed E-state index contributed by atoms with van der Waals surface area (Å²) in [6, 6.07) is 0. The van der Waals surface area contributed by atoms with Crippen LogP contribution in [0.3, 0.4) is 0 Å². The minimum Gasteiger partial charge on any atom is -0.492 e. The molecule has 2 N–H and O–H groups in total. The van der Waals surface area contributed by atoms with Crippen molar-refractivity contribution < 1.29 is 23.0 Å². The summed E-state index contributed by atoms with van der Waals surface area (Å²) in [5.74, 6) is 1.23. The van der Waals surface area contributed by atoms with Crippen LogP contribution in [0.2, 0.25) is 0 Å². The topological polar surface area (TPSA) is 57.0 Å². The van der Waals surface area contributed by atoms with Gasteiger partial charge >= 0.3 is 0 Å². The average Bonchev–Trinajstić information content (AvgIpc) is 2.92. The number of fused-ring (bicyclic) bond motifs is 2. The lowest BCUT2D eigenvalue weighted by Gasteiger charge is -2.34. The van der Waals surface area contributed by atoms with Crippen LogP contribution in [-0.2, 0) is 18.5 Å². The number of hydrogen-bond donors (Lipinski definition) is 1. The number of alkyl halides is 2. The zero-order chi connectivity index (χ0) is 16.1. The molecule has 0 bridgehead atoms. The largest absolute Gasteiger partial charge is 0.492 e. The molecule has 1 aromatic rings. The molecule has 0 spiro atoms. The Morgan fingerprint density at radius 3 is 2.59 bits per heavy atom. The summed E-state index contributed by atoms with van der Waals surface area (Å²) in [6.07, 6.45) is -2.09. The highest BCUT2D eigenvalue weighted by atomic mass is 19.3. The third-order valence-electron chi connectivity index (χ3n) is 4.35. The lowest BCUT2D eigenvalue weighted by Crippen LogP contribution is -2.43. The Morgan fingerprint density at radius 1 is 1.27 bits per heavy atom. The van der Waals surface area contributed by atoms with E-state index in [1.807, 2.05) is 7.05 Å². The first kappa shape index (κ1) is 15.3. The zero-order valence-electron chi connectivity index (χ0n) is 12.9. The monoisotopic (exact) mass is 314 g/mol. The van der Waals surface area contributed by atoms with Crippen molar-refractivity contribution in [3.05, 3.63) is 16.7 Å². The Morgan fingerprint density at radius 2 is 1.95 bits per heavy atom. The molecule has 0 aromatic heterocycles. The summed E-state index contributed by atoms with van der Waals surface area (Å²) < 4.78 is 43.5. The SMILES string of the molecule is COc1c2c(c([C@@](C)(N)C(F)F)c3c1OCO3)CCN(C)C2. The molecule has 0 aliphatic carbocycles. The number of ether oxygens (including phenoxy) is 3. The Balaban J connectivity index is 2.31. The molecule has 0 radical (unpaired) electrons. The Labute approximate surface area is 127 Å². The number of nitrogens with zero attached hydrogens (tertiary/aromatic N) is 1. The van der Waals surface area contributed by atoms with Crippen LogP contribution < -0.4 is 19.9 Å². The summed E-state index contributed by atoms with van der Waals surface area (Å²) in [4.78, 5) is 2.10. The van der Waals surface area contributed by atoms with Gasteiger partial charge in [0.25, 0.3) is 6.43 Å². The number of likely N-dealkylation sites (N-methyl/N-ethyl adjacent to an activating group) is 1. The van der Waals surface area contributed by atoms with Crippen molar-refractivity contribution in [2.45, 2.75) is 31.9 Å². The fourth-order valence-corrected chi connectivity index (χ4v) is 3.18. The number of rotatable bonds is 3. The molecule has 22 heavy (non-hydrogen) atoms. The molecule has 1 aromatic carbocycles. The molecular weight excluding hydrogens is 294 g/mol. The summed E-state index contributed by atoms with van der Waals surface area (Å²) in [6.45, 7) is 2.68. The smallest absolute Gasteiger partial charge is 0.260 e. The zero-order valence-corrected chi connectivity index (χ0v) is 12.9. The molecule has 122 valence electrons. The molecule has 5 nitrogen and oxygen atoms in total. The van der Waals surface area contributed by atoms with Crippen LogP contribution in [0.25, 0.3) is 0 Å². The fraction of sp³-hybridized carbons (Fsp3) is 0.600. The number of methoxy groups -OCH3 is 1. The third-order valence-corrected chi connectivity index (χ3v) is 4.35. The van der Waals surface area contributed by atoms with Crippen LogP contribution in [0.1, 0.15) is 23.6 Å². The van der Waals surface area contributed by atoms with E-state index in [-0.39, 0.29) is 6.79 Å². The average molecular weight is 314 g/mol. The lowest BCUT2D eigenvalue weighted by molar-refractivity contribution is 0.0596. The van der Waals surface area contributed by atoms with Gasteiger partial charge in [-0.1, -0.05) is 0 Å². The van der Waals surface area contributed by atoms with Crippen LogP contribution in [0.15, 0.2) is 0 Å². The second-order valence-corrected chi connectivity index (χ2v) is 6.00. The van der Waals surface area contributed by atoms with Gasteiger partial charge in [-0.25, -0.2) is 8.78 Å². The van der Waals surface area contributed by atoms with E-state index in [0.717, 1.165) is 17.7 Å². The normalized spacial score (nSPS) is 20.0. The summed E-state index contributed by atoms with van der Waals surface area (Å²) in [7, 11) is 3.52. The molecule has 1 atom stereocenters. The van der Waals surface area contributed by atoms with E-state index < -0.39 is 12.0 Å². The van der Waals surface area contributed by atoms with Crippen LogP contribution >= 0.6 is 0 Å². The molecule has 0 fully saturated rings. The Kier molecular flexibility index (Phi) is 3.65. The molecule has 2 aliphatic rings. The first-order valence-corrected chi connectivity index (χ1v) is 7.15. The second-order valence-electron chi connectivity index (χ2n) is 6.00. The first-order valence-electron chi connectivity index (χ1n) is 7.15. The molecule has 0 unspecified atom stereocenters. The number of hydrogen-bond acceptors (Lipinski definition) is 5.